The molecule has 2 N–H and O–H groups in total. The van der Waals surface area contributed by atoms with E-state index < -0.39 is 12.1 Å². The molecule has 2 aliphatic rings. The maximum absolute atomic E-state index is 13.3. The molecular formula is C28H34N2O5. The predicted octanol–water partition coefficient (Wildman–Crippen LogP) is 4.80. The molecule has 1 fully saturated rings. The fourth-order valence-corrected chi connectivity index (χ4v) is 5.46. The van der Waals surface area contributed by atoms with Crippen LogP contribution in [0.15, 0.2) is 48.5 Å². The van der Waals surface area contributed by atoms with Gasteiger partial charge in [-0.1, -0.05) is 67.8 Å². The standard InChI is InChI=1S/C28H34N2O5/c1-2-30(17-16-26(31)32)27(33)23-14-4-3-5-15-25(23)29-28(34)35-18-24-21-12-8-6-10-19(21)20-11-7-9-13-22(20)24/h6-13,23-25H,2-5,14-18H2,1H3,(H,29,34)(H,31,32). The van der Waals surface area contributed by atoms with E-state index in [2.05, 4.69) is 29.6 Å². The number of hydrogen-bond acceptors (Lipinski definition) is 4. The molecule has 2 aromatic carbocycles. The number of aliphatic carboxylic acids is 1. The first-order valence-corrected chi connectivity index (χ1v) is 12.6. The molecule has 0 spiro atoms. The number of carboxylic acids is 1. The fraction of sp³-hybridized carbons (Fsp3) is 0.464. The molecule has 2 unspecified atom stereocenters. The molecule has 7 nitrogen and oxygen atoms in total. The molecule has 1 saturated carbocycles. The Morgan fingerprint density at radius 1 is 0.971 bits per heavy atom. The number of carbonyl (C=O) groups excluding carboxylic acids is 2. The highest BCUT2D eigenvalue weighted by atomic mass is 16.5. The van der Waals surface area contributed by atoms with Crippen LogP contribution in [-0.4, -0.2) is 53.7 Å². The van der Waals surface area contributed by atoms with Gasteiger partial charge in [0.1, 0.15) is 6.61 Å². The summed E-state index contributed by atoms with van der Waals surface area (Å²) in [5.41, 5.74) is 4.65. The lowest BCUT2D eigenvalue weighted by atomic mass is 9.93. The number of carbonyl (C=O) groups is 3. The minimum Gasteiger partial charge on any atom is -0.481 e. The van der Waals surface area contributed by atoms with E-state index in [4.69, 9.17) is 9.84 Å². The predicted molar refractivity (Wildman–Crippen MR) is 133 cm³/mol. The van der Waals surface area contributed by atoms with Crippen LogP contribution >= 0.6 is 0 Å². The van der Waals surface area contributed by atoms with Crippen LogP contribution in [0.2, 0.25) is 0 Å². The Labute approximate surface area is 206 Å². The third-order valence-electron chi connectivity index (χ3n) is 7.27. The van der Waals surface area contributed by atoms with Crippen molar-refractivity contribution in [2.45, 2.75) is 57.4 Å². The topological polar surface area (TPSA) is 95.9 Å². The molecule has 2 amide bonds. The third kappa shape index (κ3) is 5.66. The smallest absolute Gasteiger partial charge is 0.407 e. The molecule has 0 aliphatic heterocycles. The molecule has 4 rings (SSSR count). The summed E-state index contributed by atoms with van der Waals surface area (Å²) in [5, 5.41) is 12.0. The normalized spacial score (nSPS) is 19.2. The summed E-state index contributed by atoms with van der Waals surface area (Å²) in [6.07, 6.45) is 3.64. The number of carboxylic acid groups (broad SMARTS) is 1. The van der Waals surface area contributed by atoms with Crippen LogP contribution in [0, 0.1) is 5.92 Å². The van der Waals surface area contributed by atoms with Gasteiger partial charge in [-0.15, -0.1) is 0 Å². The second-order valence-electron chi connectivity index (χ2n) is 9.38. The first kappa shape index (κ1) is 24.8. The first-order valence-electron chi connectivity index (χ1n) is 12.6. The molecule has 0 aromatic heterocycles. The van der Waals surface area contributed by atoms with Gasteiger partial charge in [0.25, 0.3) is 0 Å². The molecule has 2 aromatic rings. The van der Waals surface area contributed by atoms with E-state index in [0.29, 0.717) is 19.4 Å². The summed E-state index contributed by atoms with van der Waals surface area (Å²) in [5.74, 6) is -1.40. The number of amides is 2. The molecule has 35 heavy (non-hydrogen) atoms. The van der Waals surface area contributed by atoms with Gasteiger partial charge in [0, 0.05) is 25.0 Å². The lowest BCUT2D eigenvalue weighted by molar-refractivity contribution is -0.140. The second-order valence-corrected chi connectivity index (χ2v) is 9.38. The molecule has 0 saturated heterocycles. The van der Waals surface area contributed by atoms with Crippen molar-refractivity contribution in [1.82, 2.24) is 10.2 Å². The monoisotopic (exact) mass is 478 g/mol. The summed E-state index contributed by atoms with van der Waals surface area (Å²) in [7, 11) is 0. The summed E-state index contributed by atoms with van der Waals surface area (Å²) in [4.78, 5) is 38.8. The van der Waals surface area contributed by atoms with E-state index in [1.54, 1.807) is 4.90 Å². The van der Waals surface area contributed by atoms with Crippen molar-refractivity contribution in [3.05, 3.63) is 59.7 Å². The Balaban J connectivity index is 1.41. The SMILES string of the molecule is CCN(CCC(=O)O)C(=O)C1CCCCCC1NC(=O)OCC1c2ccccc2-c2ccccc21. The lowest BCUT2D eigenvalue weighted by Crippen LogP contribution is -2.48. The van der Waals surface area contributed by atoms with Gasteiger partial charge in [-0.05, 0) is 42.0 Å². The zero-order valence-electron chi connectivity index (χ0n) is 20.2. The molecule has 2 atom stereocenters. The van der Waals surface area contributed by atoms with Crippen molar-refractivity contribution in [3.8, 4) is 11.1 Å². The van der Waals surface area contributed by atoms with Crippen LogP contribution < -0.4 is 5.32 Å². The van der Waals surface area contributed by atoms with E-state index in [-0.39, 0.29) is 43.4 Å². The number of ether oxygens (including phenoxy) is 1. The quantitative estimate of drug-likeness (QED) is 0.532. The van der Waals surface area contributed by atoms with E-state index in [9.17, 15) is 14.4 Å². The zero-order valence-corrected chi connectivity index (χ0v) is 20.2. The van der Waals surface area contributed by atoms with Gasteiger partial charge in [0.2, 0.25) is 5.91 Å². The maximum Gasteiger partial charge on any atom is 0.407 e. The summed E-state index contributed by atoms with van der Waals surface area (Å²) >= 11 is 0. The third-order valence-corrected chi connectivity index (χ3v) is 7.27. The Morgan fingerprint density at radius 2 is 1.60 bits per heavy atom. The van der Waals surface area contributed by atoms with Gasteiger partial charge in [0.05, 0.1) is 12.3 Å². The molecule has 0 bridgehead atoms. The minimum absolute atomic E-state index is 0.0219. The van der Waals surface area contributed by atoms with Crippen molar-refractivity contribution < 1.29 is 24.2 Å². The first-order chi connectivity index (χ1) is 17.0. The van der Waals surface area contributed by atoms with Crippen molar-refractivity contribution in [2.75, 3.05) is 19.7 Å². The highest BCUT2D eigenvalue weighted by molar-refractivity contribution is 5.81. The Morgan fingerprint density at radius 3 is 2.23 bits per heavy atom. The molecule has 0 heterocycles. The van der Waals surface area contributed by atoms with Gasteiger partial charge in [-0.25, -0.2) is 4.79 Å². The number of benzene rings is 2. The number of nitrogens with zero attached hydrogens (tertiary/aromatic N) is 1. The summed E-state index contributed by atoms with van der Waals surface area (Å²) in [6, 6.07) is 16.1. The fourth-order valence-electron chi connectivity index (χ4n) is 5.46. The molecule has 7 heteroatoms. The highest BCUT2D eigenvalue weighted by Gasteiger charge is 2.34. The van der Waals surface area contributed by atoms with E-state index in [1.165, 1.54) is 11.1 Å². The number of rotatable bonds is 8. The Kier molecular flexibility index (Phi) is 8.06. The van der Waals surface area contributed by atoms with Crippen LogP contribution in [0.5, 0.6) is 0 Å². The van der Waals surface area contributed by atoms with Crippen LogP contribution in [0.25, 0.3) is 11.1 Å². The molecule has 186 valence electrons. The number of fused-ring (bicyclic) bond motifs is 3. The minimum atomic E-state index is -0.926. The van der Waals surface area contributed by atoms with Gasteiger partial charge in [-0.2, -0.15) is 0 Å². The maximum atomic E-state index is 13.3. The average molecular weight is 479 g/mol. The van der Waals surface area contributed by atoms with E-state index in [0.717, 1.165) is 30.4 Å². The number of nitrogens with one attached hydrogen (secondary N) is 1. The molecule has 0 radical (unpaired) electrons. The summed E-state index contributed by atoms with van der Waals surface area (Å²) in [6.45, 7) is 2.70. The van der Waals surface area contributed by atoms with Gasteiger partial charge >= 0.3 is 12.1 Å². The van der Waals surface area contributed by atoms with Crippen molar-refractivity contribution >= 4 is 18.0 Å². The van der Waals surface area contributed by atoms with Gasteiger partial charge in [0.15, 0.2) is 0 Å². The van der Waals surface area contributed by atoms with Gasteiger partial charge in [-0.3, -0.25) is 9.59 Å². The van der Waals surface area contributed by atoms with Crippen molar-refractivity contribution in [1.29, 1.82) is 0 Å². The van der Waals surface area contributed by atoms with Crippen LogP contribution in [0.1, 0.15) is 62.5 Å². The number of hydrogen-bond donors (Lipinski definition) is 2. The van der Waals surface area contributed by atoms with Crippen LogP contribution in [0.3, 0.4) is 0 Å². The van der Waals surface area contributed by atoms with Gasteiger partial charge < -0.3 is 20.1 Å². The Bertz CT molecular complexity index is 1020. The van der Waals surface area contributed by atoms with Crippen LogP contribution in [-0.2, 0) is 14.3 Å². The lowest BCUT2D eigenvalue weighted by Gasteiger charge is -2.30. The van der Waals surface area contributed by atoms with Crippen molar-refractivity contribution in [2.24, 2.45) is 5.92 Å². The highest BCUT2D eigenvalue weighted by Crippen LogP contribution is 2.44. The number of alkyl carbamates (subject to hydrolysis) is 1. The van der Waals surface area contributed by atoms with E-state index >= 15 is 0 Å². The van der Waals surface area contributed by atoms with E-state index in [1.807, 2.05) is 31.2 Å². The van der Waals surface area contributed by atoms with Crippen LogP contribution in [0.4, 0.5) is 4.79 Å². The Hall–Kier alpha value is -3.35. The molecular weight excluding hydrogens is 444 g/mol. The average Bonchev–Trinajstić information content (AvgIpc) is 2.99. The zero-order chi connectivity index (χ0) is 24.8. The molecule has 2 aliphatic carbocycles. The summed E-state index contributed by atoms with van der Waals surface area (Å²) < 4.78 is 5.72. The van der Waals surface area contributed by atoms with Crippen molar-refractivity contribution in [3.63, 3.8) is 0 Å². The second kappa shape index (κ2) is 11.4. The largest absolute Gasteiger partial charge is 0.481 e.